The largest absolute Gasteiger partial charge is 0.394 e. The van der Waals surface area contributed by atoms with Crippen molar-refractivity contribution in [3.8, 4) is 0 Å². The molecule has 0 rings (SSSR count). The summed E-state index contributed by atoms with van der Waals surface area (Å²) >= 11 is 0. The van der Waals surface area contributed by atoms with E-state index in [1.165, 1.54) is 6.92 Å². The second-order valence-corrected chi connectivity index (χ2v) is 2.30. The molecule has 0 amide bonds. The molecule has 0 bridgehead atoms. The van der Waals surface area contributed by atoms with Crippen LogP contribution in [0.25, 0.3) is 0 Å². The van der Waals surface area contributed by atoms with Crippen molar-refractivity contribution in [1.29, 1.82) is 0 Å². The Balaban J connectivity index is 3.55. The quantitative estimate of drug-likeness (QED) is 0.425. The first kappa shape index (κ1) is 11.8. The second kappa shape index (κ2) is 7.45. The highest BCUT2D eigenvalue weighted by Gasteiger charge is 2.14. The van der Waals surface area contributed by atoms with E-state index in [1.54, 1.807) is 0 Å². The lowest BCUT2D eigenvalue weighted by atomic mass is 10.4. The smallest absolute Gasteiger partial charge is 0.183 e. The van der Waals surface area contributed by atoms with Gasteiger partial charge in [-0.25, -0.2) is 0 Å². The number of aliphatic hydroxyl groups is 3. The molecule has 5 nitrogen and oxygen atoms in total. The molecular weight excluding hydrogens is 164 g/mol. The molecule has 0 spiro atoms. The van der Waals surface area contributed by atoms with Gasteiger partial charge in [0.1, 0.15) is 6.10 Å². The van der Waals surface area contributed by atoms with Crippen LogP contribution in [0, 0.1) is 0 Å². The Morgan fingerprint density at radius 1 is 1.08 bits per heavy atom. The van der Waals surface area contributed by atoms with Crippen LogP contribution >= 0.6 is 0 Å². The van der Waals surface area contributed by atoms with Crippen molar-refractivity contribution >= 4 is 0 Å². The second-order valence-electron chi connectivity index (χ2n) is 2.30. The lowest BCUT2D eigenvalue weighted by molar-refractivity contribution is -0.196. The summed E-state index contributed by atoms with van der Waals surface area (Å²) in [5, 5.41) is 25.9. The Hall–Kier alpha value is -0.200. The molecule has 5 heteroatoms. The fourth-order valence-corrected chi connectivity index (χ4v) is 0.664. The van der Waals surface area contributed by atoms with Crippen molar-refractivity contribution in [1.82, 2.24) is 0 Å². The molecule has 0 aromatic heterocycles. The van der Waals surface area contributed by atoms with Crippen molar-refractivity contribution in [2.45, 2.75) is 19.3 Å². The topological polar surface area (TPSA) is 79.2 Å². The van der Waals surface area contributed by atoms with Gasteiger partial charge in [-0.2, -0.15) is 0 Å². The summed E-state index contributed by atoms with van der Waals surface area (Å²) in [7, 11) is 0. The van der Waals surface area contributed by atoms with Crippen LogP contribution in [0.3, 0.4) is 0 Å². The van der Waals surface area contributed by atoms with E-state index in [4.69, 9.17) is 24.8 Å². The molecule has 0 radical (unpaired) electrons. The van der Waals surface area contributed by atoms with Gasteiger partial charge in [0.05, 0.1) is 26.4 Å². The molecule has 0 aliphatic heterocycles. The summed E-state index contributed by atoms with van der Waals surface area (Å²) in [5.74, 6) is 0. The van der Waals surface area contributed by atoms with Crippen molar-refractivity contribution in [3.05, 3.63) is 0 Å². The molecule has 0 heterocycles. The van der Waals surface area contributed by atoms with Crippen molar-refractivity contribution in [3.63, 3.8) is 0 Å². The molecule has 74 valence electrons. The SMILES string of the molecule is CC(O)C(OCCO)OCCO. The molecule has 0 aliphatic carbocycles. The van der Waals surface area contributed by atoms with E-state index < -0.39 is 12.4 Å². The third kappa shape index (κ3) is 5.45. The number of hydrogen-bond donors (Lipinski definition) is 3. The van der Waals surface area contributed by atoms with Gasteiger partial charge in [0.25, 0.3) is 0 Å². The summed E-state index contributed by atoms with van der Waals surface area (Å²) in [5.41, 5.74) is 0. The van der Waals surface area contributed by atoms with Gasteiger partial charge in [-0.1, -0.05) is 0 Å². The van der Waals surface area contributed by atoms with E-state index >= 15 is 0 Å². The number of ether oxygens (including phenoxy) is 2. The average Bonchev–Trinajstić information content (AvgIpc) is 2.04. The molecule has 0 fully saturated rings. The Bertz CT molecular complexity index is 87.8. The minimum atomic E-state index is -0.775. The van der Waals surface area contributed by atoms with Gasteiger partial charge in [-0.3, -0.25) is 0 Å². The predicted molar refractivity (Wildman–Crippen MR) is 41.5 cm³/mol. The van der Waals surface area contributed by atoms with E-state index in [0.717, 1.165) is 0 Å². The van der Waals surface area contributed by atoms with Crippen molar-refractivity contribution in [2.24, 2.45) is 0 Å². The summed E-state index contributed by atoms with van der Waals surface area (Å²) in [6, 6.07) is 0. The minimum absolute atomic E-state index is 0.112. The van der Waals surface area contributed by atoms with Gasteiger partial charge in [0, 0.05) is 0 Å². The zero-order valence-corrected chi connectivity index (χ0v) is 7.14. The van der Waals surface area contributed by atoms with E-state index in [0.29, 0.717) is 0 Å². The van der Waals surface area contributed by atoms with E-state index in [9.17, 15) is 0 Å². The van der Waals surface area contributed by atoms with Crippen LogP contribution in [-0.2, 0) is 9.47 Å². The molecule has 1 unspecified atom stereocenters. The first-order chi connectivity index (χ1) is 5.72. The summed E-state index contributed by atoms with van der Waals surface area (Å²) in [6.45, 7) is 1.50. The minimum Gasteiger partial charge on any atom is -0.394 e. The lowest BCUT2D eigenvalue weighted by Gasteiger charge is -2.19. The number of rotatable bonds is 7. The Morgan fingerprint density at radius 2 is 1.50 bits per heavy atom. The van der Waals surface area contributed by atoms with Gasteiger partial charge >= 0.3 is 0 Å². The Kier molecular flexibility index (Phi) is 7.33. The number of aliphatic hydroxyl groups excluding tert-OH is 3. The van der Waals surface area contributed by atoms with Crippen molar-refractivity contribution < 1.29 is 24.8 Å². The van der Waals surface area contributed by atoms with Crippen LogP contribution in [-0.4, -0.2) is 54.1 Å². The van der Waals surface area contributed by atoms with Crippen LogP contribution in [0.4, 0.5) is 0 Å². The molecule has 12 heavy (non-hydrogen) atoms. The third-order valence-electron chi connectivity index (χ3n) is 1.14. The first-order valence-electron chi connectivity index (χ1n) is 3.85. The number of hydrogen-bond acceptors (Lipinski definition) is 5. The standard InChI is InChI=1S/C7H16O5/c1-6(10)7(11-4-2-8)12-5-3-9/h6-10H,2-5H2,1H3. The molecule has 0 aromatic rings. The zero-order chi connectivity index (χ0) is 9.40. The van der Waals surface area contributed by atoms with Gasteiger partial charge in [0.2, 0.25) is 0 Å². The highest BCUT2D eigenvalue weighted by Crippen LogP contribution is 2.00. The van der Waals surface area contributed by atoms with Gasteiger partial charge in [0.15, 0.2) is 6.29 Å². The third-order valence-corrected chi connectivity index (χ3v) is 1.14. The van der Waals surface area contributed by atoms with Gasteiger partial charge < -0.3 is 24.8 Å². The van der Waals surface area contributed by atoms with Gasteiger partial charge in [-0.05, 0) is 6.92 Å². The Morgan fingerprint density at radius 3 is 1.75 bits per heavy atom. The highest BCUT2D eigenvalue weighted by molar-refractivity contribution is 4.52. The van der Waals surface area contributed by atoms with Crippen molar-refractivity contribution in [2.75, 3.05) is 26.4 Å². The normalized spacial score (nSPS) is 13.8. The van der Waals surface area contributed by atoms with E-state index in [2.05, 4.69) is 0 Å². The molecule has 0 saturated heterocycles. The molecule has 0 aliphatic rings. The summed E-state index contributed by atoms with van der Waals surface area (Å²) < 4.78 is 9.84. The highest BCUT2D eigenvalue weighted by atomic mass is 16.7. The maximum atomic E-state index is 9.05. The monoisotopic (exact) mass is 180 g/mol. The maximum absolute atomic E-state index is 9.05. The summed E-state index contributed by atoms with van der Waals surface area (Å²) in [4.78, 5) is 0. The first-order valence-corrected chi connectivity index (χ1v) is 3.85. The van der Waals surface area contributed by atoms with Crippen LogP contribution in [0.2, 0.25) is 0 Å². The Labute approximate surface area is 71.5 Å². The van der Waals surface area contributed by atoms with Crippen LogP contribution in [0.1, 0.15) is 6.92 Å². The molecular formula is C7H16O5. The lowest BCUT2D eigenvalue weighted by Crippen LogP contribution is -2.31. The summed E-state index contributed by atoms with van der Waals surface area (Å²) in [6.07, 6.45) is -1.55. The van der Waals surface area contributed by atoms with E-state index in [1.807, 2.05) is 0 Å². The molecule has 3 N–H and O–H groups in total. The molecule has 0 aromatic carbocycles. The van der Waals surface area contributed by atoms with E-state index in [-0.39, 0.29) is 26.4 Å². The predicted octanol–water partition coefficient (Wildman–Crippen LogP) is -1.29. The molecule has 0 saturated carbocycles. The van der Waals surface area contributed by atoms with Crippen LogP contribution in [0.15, 0.2) is 0 Å². The average molecular weight is 180 g/mol. The zero-order valence-electron chi connectivity index (χ0n) is 7.14. The fraction of sp³-hybridized carbons (Fsp3) is 1.00. The van der Waals surface area contributed by atoms with Gasteiger partial charge in [-0.15, -0.1) is 0 Å². The molecule has 1 atom stereocenters. The maximum Gasteiger partial charge on any atom is 0.183 e. The van der Waals surface area contributed by atoms with Crippen LogP contribution in [0.5, 0.6) is 0 Å². The fourth-order valence-electron chi connectivity index (χ4n) is 0.664. The van der Waals surface area contributed by atoms with Crippen LogP contribution < -0.4 is 0 Å².